The lowest BCUT2D eigenvalue weighted by Crippen LogP contribution is -2.54. The highest BCUT2D eigenvalue weighted by Crippen LogP contribution is 2.43. The molecule has 5 atom stereocenters. The minimum absolute atomic E-state index is 0.264. The van der Waals surface area contributed by atoms with E-state index < -0.39 is 45.4 Å². The summed E-state index contributed by atoms with van der Waals surface area (Å²) >= 11 is 0. The van der Waals surface area contributed by atoms with Crippen LogP contribution in [0.3, 0.4) is 0 Å². The van der Waals surface area contributed by atoms with Crippen LogP contribution in [0.2, 0.25) is 0 Å². The van der Waals surface area contributed by atoms with E-state index in [0.29, 0.717) is 11.5 Å². The number of ether oxygens (including phenoxy) is 4. The average Bonchev–Trinajstić information content (AvgIpc) is 3.42. The maximum Gasteiger partial charge on any atom is 0.185 e. The van der Waals surface area contributed by atoms with Gasteiger partial charge in [0, 0.05) is 26.0 Å². The third kappa shape index (κ3) is 4.82. The van der Waals surface area contributed by atoms with Crippen LogP contribution in [0.5, 0.6) is 0 Å². The Balaban J connectivity index is 1.47. The maximum absolute atomic E-state index is 14.1. The van der Waals surface area contributed by atoms with Gasteiger partial charge in [0.2, 0.25) is 0 Å². The zero-order chi connectivity index (χ0) is 23.8. The first kappa shape index (κ1) is 24.7. The summed E-state index contributed by atoms with van der Waals surface area (Å²) in [5.41, 5.74) is 1.02. The largest absolute Gasteiger partial charge is 0.354 e. The average molecular weight is 494 g/mol. The standard InChI is InChI=1S/C26H39NO6S/c1-18-11-13-20(14-12-18)34(28,29)24-22(27-19-9-5-3-6-10-19)25(30-2)32-23(24)21-17-31-26(33-21)15-7-4-8-16-26/h11-14,19,21-25,27H,3-10,15-17H2,1-2H3/t21-,22-,23-,24-,25-/m1/s1. The van der Waals surface area contributed by atoms with E-state index in [4.69, 9.17) is 18.9 Å². The van der Waals surface area contributed by atoms with Crippen molar-refractivity contribution in [3.05, 3.63) is 29.8 Å². The van der Waals surface area contributed by atoms with Crippen LogP contribution in [-0.4, -0.2) is 63.8 Å². The molecule has 1 aromatic rings. The molecule has 1 spiro atoms. The van der Waals surface area contributed by atoms with Crippen molar-refractivity contribution in [2.45, 2.75) is 118 Å². The van der Waals surface area contributed by atoms with Crippen LogP contribution in [0.15, 0.2) is 29.2 Å². The predicted octanol–water partition coefficient (Wildman–Crippen LogP) is 3.88. The van der Waals surface area contributed by atoms with Crippen molar-refractivity contribution in [3.63, 3.8) is 0 Å². The van der Waals surface area contributed by atoms with Crippen LogP contribution in [0.4, 0.5) is 0 Å². The van der Waals surface area contributed by atoms with Gasteiger partial charge in [0.15, 0.2) is 21.9 Å². The maximum atomic E-state index is 14.1. The molecule has 0 radical (unpaired) electrons. The number of nitrogens with one attached hydrogen (secondary N) is 1. The molecule has 7 nitrogen and oxygen atoms in total. The zero-order valence-electron chi connectivity index (χ0n) is 20.4. The summed E-state index contributed by atoms with van der Waals surface area (Å²) in [6.45, 7) is 2.30. The molecule has 34 heavy (non-hydrogen) atoms. The van der Waals surface area contributed by atoms with Gasteiger partial charge >= 0.3 is 0 Å². The Morgan fingerprint density at radius 3 is 2.35 bits per heavy atom. The first-order valence-corrected chi connectivity index (χ1v) is 14.5. The summed E-state index contributed by atoms with van der Waals surface area (Å²) in [6.07, 6.45) is 8.87. The Bertz CT molecular complexity index is 923. The van der Waals surface area contributed by atoms with Gasteiger partial charge < -0.3 is 24.3 Å². The van der Waals surface area contributed by atoms with Crippen LogP contribution >= 0.6 is 0 Å². The van der Waals surface area contributed by atoms with Gasteiger partial charge in [0.1, 0.15) is 17.5 Å². The Morgan fingerprint density at radius 1 is 1.00 bits per heavy atom. The highest BCUT2D eigenvalue weighted by molar-refractivity contribution is 7.92. The van der Waals surface area contributed by atoms with E-state index in [1.165, 1.54) is 12.8 Å². The summed E-state index contributed by atoms with van der Waals surface area (Å²) in [5.74, 6) is -0.595. The lowest BCUT2D eigenvalue weighted by Gasteiger charge is -2.33. The molecule has 1 N–H and O–H groups in total. The first-order chi connectivity index (χ1) is 16.4. The van der Waals surface area contributed by atoms with Crippen molar-refractivity contribution in [2.75, 3.05) is 13.7 Å². The zero-order valence-corrected chi connectivity index (χ0v) is 21.2. The molecular formula is C26H39NO6S. The molecule has 8 heteroatoms. The number of hydrogen-bond acceptors (Lipinski definition) is 7. The fourth-order valence-electron chi connectivity index (χ4n) is 6.24. The van der Waals surface area contributed by atoms with Crippen molar-refractivity contribution in [2.24, 2.45) is 0 Å². The number of aryl methyl sites for hydroxylation is 1. The summed E-state index contributed by atoms with van der Waals surface area (Å²) in [7, 11) is -2.14. The van der Waals surface area contributed by atoms with Gasteiger partial charge in [-0.15, -0.1) is 0 Å². The molecule has 5 rings (SSSR count). The SMILES string of the molecule is CO[C@@H]1O[C@H]([C@H]2COC3(CCCCC3)O2)[C@H](S(=O)(=O)c2ccc(C)cc2)[C@H]1NC1CCCCC1. The molecule has 0 unspecified atom stereocenters. The quantitative estimate of drug-likeness (QED) is 0.644. The summed E-state index contributed by atoms with van der Waals surface area (Å²) in [4.78, 5) is 0.315. The number of hydrogen-bond donors (Lipinski definition) is 1. The molecule has 2 saturated heterocycles. The van der Waals surface area contributed by atoms with Crippen LogP contribution < -0.4 is 5.32 Å². The van der Waals surface area contributed by atoms with E-state index >= 15 is 0 Å². The van der Waals surface area contributed by atoms with Crippen LogP contribution in [0.1, 0.15) is 69.8 Å². The normalized spacial score (nSPS) is 34.6. The third-order valence-electron chi connectivity index (χ3n) is 8.09. The summed E-state index contributed by atoms with van der Waals surface area (Å²) in [6, 6.07) is 6.89. The summed E-state index contributed by atoms with van der Waals surface area (Å²) in [5, 5.41) is 2.83. The third-order valence-corrected chi connectivity index (χ3v) is 10.3. The Morgan fingerprint density at radius 2 is 1.68 bits per heavy atom. The Labute approximate surface area is 203 Å². The van der Waals surface area contributed by atoms with Gasteiger partial charge in [-0.2, -0.15) is 0 Å². The van der Waals surface area contributed by atoms with Crippen molar-refractivity contribution >= 4 is 9.84 Å². The van der Waals surface area contributed by atoms with Crippen molar-refractivity contribution in [1.82, 2.24) is 5.32 Å². The molecule has 0 amide bonds. The predicted molar refractivity (Wildman–Crippen MR) is 128 cm³/mol. The number of sulfone groups is 1. The highest BCUT2D eigenvalue weighted by atomic mass is 32.2. The molecule has 2 aliphatic carbocycles. The smallest absolute Gasteiger partial charge is 0.185 e. The van der Waals surface area contributed by atoms with Crippen LogP contribution in [-0.2, 0) is 28.8 Å². The fourth-order valence-corrected chi connectivity index (χ4v) is 8.25. The lowest BCUT2D eigenvalue weighted by atomic mass is 9.94. The first-order valence-electron chi connectivity index (χ1n) is 13.0. The minimum Gasteiger partial charge on any atom is -0.354 e. The number of rotatable bonds is 6. The molecule has 2 aliphatic heterocycles. The van der Waals surface area contributed by atoms with E-state index in [1.807, 2.05) is 19.1 Å². The monoisotopic (exact) mass is 493 g/mol. The summed E-state index contributed by atoms with van der Waals surface area (Å²) < 4.78 is 53.0. The Hall–Kier alpha value is -1.03. The van der Waals surface area contributed by atoms with E-state index in [0.717, 1.165) is 56.9 Å². The van der Waals surface area contributed by atoms with Crippen molar-refractivity contribution in [3.8, 4) is 0 Å². The molecule has 2 saturated carbocycles. The Kier molecular flexibility index (Phi) is 7.36. The second kappa shape index (κ2) is 10.1. The van der Waals surface area contributed by atoms with Gasteiger partial charge in [-0.25, -0.2) is 8.42 Å². The topological polar surface area (TPSA) is 83.1 Å². The van der Waals surface area contributed by atoms with E-state index in [2.05, 4.69) is 5.32 Å². The van der Waals surface area contributed by atoms with E-state index in [1.54, 1.807) is 19.2 Å². The minimum atomic E-state index is -3.73. The fraction of sp³-hybridized carbons (Fsp3) is 0.769. The molecule has 190 valence electrons. The van der Waals surface area contributed by atoms with Gasteiger partial charge in [-0.1, -0.05) is 43.4 Å². The van der Waals surface area contributed by atoms with Crippen molar-refractivity contribution in [1.29, 1.82) is 0 Å². The molecule has 4 aliphatic rings. The molecule has 2 heterocycles. The van der Waals surface area contributed by atoms with Crippen LogP contribution in [0, 0.1) is 6.92 Å². The molecular weight excluding hydrogens is 454 g/mol. The van der Waals surface area contributed by atoms with Gasteiger partial charge in [-0.05, 0) is 44.7 Å². The second-order valence-corrected chi connectivity index (χ2v) is 12.6. The van der Waals surface area contributed by atoms with Gasteiger partial charge in [0.25, 0.3) is 0 Å². The van der Waals surface area contributed by atoms with Crippen molar-refractivity contribution < 1.29 is 27.4 Å². The molecule has 4 fully saturated rings. The van der Waals surface area contributed by atoms with Gasteiger partial charge in [-0.3, -0.25) is 0 Å². The van der Waals surface area contributed by atoms with E-state index in [9.17, 15) is 8.42 Å². The van der Waals surface area contributed by atoms with Gasteiger partial charge in [0.05, 0.1) is 17.5 Å². The number of methoxy groups -OCH3 is 1. The molecule has 1 aromatic carbocycles. The van der Waals surface area contributed by atoms with E-state index in [-0.39, 0.29) is 6.04 Å². The van der Waals surface area contributed by atoms with Crippen LogP contribution in [0.25, 0.3) is 0 Å². The number of benzene rings is 1. The molecule has 0 aromatic heterocycles. The second-order valence-electron chi connectivity index (χ2n) is 10.5. The highest BCUT2D eigenvalue weighted by Gasteiger charge is 2.58. The lowest BCUT2D eigenvalue weighted by molar-refractivity contribution is -0.206. The molecule has 0 bridgehead atoms.